The summed E-state index contributed by atoms with van der Waals surface area (Å²) in [4.78, 5) is 6.77. The van der Waals surface area contributed by atoms with Gasteiger partial charge in [0, 0.05) is 36.9 Å². The maximum absolute atomic E-state index is 5.96. The molecule has 5 nitrogen and oxygen atoms in total. The summed E-state index contributed by atoms with van der Waals surface area (Å²) in [6.07, 6.45) is 1.78. The van der Waals surface area contributed by atoms with Crippen molar-refractivity contribution in [1.82, 2.24) is 9.88 Å². The molecule has 1 saturated heterocycles. The molecule has 128 valence electrons. The van der Waals surface area contributed by atoms with Gasteiger partial charge in [-0.2, -0.15) is 0 Å². The summed E-state index contributed by atoms with van der Waals surface area (Å²) in [5.74, 6) is 1.39. The van der Waals surface area contributed by atoms with Crippen LogP contribution in [0.15, 0.2) is 36.5 Å². The average Bonchev–Trinajstić information content (AvgIpc) is 2.62. The van der Waals surface area contributed by atoms with Gasteiger partial charge in [-0.05, 0) is 17.7 Å². The monoisotopic (exact) mass is 348 g/mol. The van der Waals surface area contributed by atoms with Crippen LogP contribution in [0.1, 0.15) is 17.4 Å². The maximum Gasteiger partial charge on any atom is 0.183 e. The topological polar surface area (TPSA) is 43.8 Å². The molecule has 0 radical (unpaired) electrons. The standard InChI is InChI=1S/C18H21ClN2O3/c1-22-16-7-8-20-15(18(16)23-2)11-21-9-10-24-17(12-21)13-3-5-14(19)6-4-13/h3-8,17H,9-12H2,1-2H3/t17-/m0/s1. The van der Waals surface area contributed by atoms with Crippen LogP contribution in [0.2, 0.25) is 5.02 Å². The van der Waals surface area contributed by atoms with Crippen molar-refractivity contribution in [3.63, 3.8) is 0 Å². The van der Waals surface area contributed by atoms with Crippen molar-refractivity contribution < 1.29 is 14.2 Å². The van der Waals surface area contributed by atoms with E-state index in [9.17, 15) is 0 Å². The zero-order valence-corrected chi connectivity index (χ0v) is 14.6. The Morgan fingerprint density at radius 3 is 2.71 bits per heavy atom. The number of nitrogens with zero attached hydrogens (tertiary/aromatic N) is 2. The van der Waals surface area contributed by atoms with Gasteiger partial charge in [0.1, 0.15) is 5.69 Å². The van der Waals surface area contributed by atoms with E-state index in [2.05, 4.69) is 9.88 Å². The number of hydrogen-bond acceptors (Lipinski definition) is 5. The predicted octanol–water partition coefficient (Wildman–Crippen LogP) is 3.33. The minimum Gasteiger partial charge on any atom is -0.493 e. The number of rotatable bonds is 5. The molecule has 0 amide bonds. The second-order valence-electron chi connectivity index (χ2n) is 5.64. The third-order valence-corrected chi connectivity index (χ3v) is 4.38. The van der Waals surface area contributed by atoms with Crippen LogP contribution in [0, 0.1) is 0 Å². The van der Waals surface area contributed by atoms with Gasteiger partial charge in [-0.1, -0.05) is 23.7 Å². The van der Waals surface area contributed by atoms with E-state index in [1.807, 2.05) is 24.3 Å². The highest BCUT2D eigenvalue weighted by atomic mass is 35.5. The third kappa shape index (κ3) is 3.80. The fourth-order valence-corrected chi connectivity index (χ4v) is 3.03. The van der Waals surface area contributed by atoms with E-state index in [1.165, 1.54) is 0 Å². The summed E-state index contributed by atoms with van der Waals surface area (Å²) in [7, 11) is 3.27. The molecule has 3 rings (SSSR count). The molecule has 0 unspecified atom stereocenters. The summed E-state index contributed by atoms with van der Waals surface area (Å²) >= 11 is 5.96. The van der Waals surface area contributed by atoms with Gasteiger partial charge in [-0.15, -0.1) is 0 Å². The highest BCUT2D eigenvalue weighted by Gasteiger charge is 2.24. The van der Waals surface area contributed by atoms with Crippen molar-refractivity contribution in [3.05, 3.63) is 52.8 Å². The Morgan fingerprint density at radius 2 is 2.00 bits per heavy atom. The van der Waals surface area contributed by atoms with Crippen LogP contribution >= 0.6 is 11.6 Å². The normalized spacial score (nSPS) is 18.4. The molecule has 1 aromatic heterocycles. The second kappa shape index (κ2) is 7.83. The zero-order chi connectivity index (χ0) is 16.9. The molecule has 0 bridgehead atoms. The molecule has 1 aromatic carbocycles. The van der Waals surface area contributed by atoms with Crippen molar-refractivity contribution in [2.24, 2.45) is 0 Å². The Hall–Kier alpha value is -1.82. The first-order valence-electron chi connectivity index (χ1n) is 7.86. The van der Waals surface area contributed by atoms with Crippen molar-refractivity contribution in [2.45, 2.75) is 12.6 Å². The SMILES string of the molecule is COc1ccnc(CN2CCO[C@H](c3ccc(Cl)cc3)C2)c1OC. The van der Waals surface area contributed by atoms with E-state index in [0.29, 0.717) is 24.7 Å². The van der Waals surface area contributed by atoms with Crippen LogP contribution in [-0.4, -0.2) is 43.8 Å². The summed E-state index contributed by atoms with van der Waals surface area (Å²) in [6.45, 7) is 3.02. The van der Waals surface area contributed by atoms with Crippen LogP contribution in [0.3, 0.4) is 0 Å². The van der Waals surface area contributed by atoms with Gasteiger partial charge in [-0.25, -0.2) is 0 Å². The van der Waals surface area contributed by atoms with Gasteiger partial charge in [-0.3, -0.25) is 9.88 Å². The fourth-order valence-electron chi connectivity index (χ4n) is 2.90. The molecule has 1 aliphatic rings. The molecule has 2 heterocycles. The molecule has 6 heteroatoms. The van der Waals surface area contributed by atoms with Crippen LogP contribution in [-0.2, 0) is 11.3 Å². The van der Waals surface area contributed by atoms with Gasteiger partial charge in [0.25, 0.3) is 0 Å². The van der Waals surface area contributed by atoms with Crippen LogP contribution in [0.4, 0.5) is 0 Å². The number of hydrogen-bond donors (Lipinski definition) is 0. The molecule has 0 N–H and O–H groups in total. The quantitative estimate of drug-likeness (QED) is 0.829. The number of methoxy groups -OCH3 is 2. The Bertz CT molecular complexity index is 678. The van der Waals surface area contributed by atoms with Crippen LogP contribution in [0.25, 0.3) is 0 Å². The smallest absolute Gasteiger partial charge is 0.183 e. The third-order valence-electron chi connectivity index (χ3n) is 4.13. The number of halogens is 1. The van der Waals surface area contributed by atoms with Crippen LogP contribution in [0.5, 0.6) is 11.5 Å². The number of aromatic nitrogens is 1. The van der Waals surface area contributed by atoms with Gasteiger partial charge < -0.3 is 14.2 Å². The van der Waals surface area contributed by atoms with E-state index < -0.39 is 0 Å². The molecular formula is C18H21ClN2O3. The predicted molar refractivity (Wildman–Crippen MR) is 92.8 cm³/mol. The Balaban J connectivity index is 1.73. The number of morpholine rings is 1. The second-order valence-corrected chi connectivity index (χ2v) is 6.08. The van der Waals surface area contributed by atoms with E-state index in [-0.39, 0.29) is 6.10 Å². The first-order chi connectivity index (χ1) is 11.7. The van der Waals surface area contributed by atoms with Crippen molar-refractivity contribution >= 4 is 11.6 Å². The Labute approximate surface area is 147 Å². The molecule has 24 heavy (non-hydrogen) atoms. The summed E-state index contributed by atoms with van der Waals surface area (Å²) in [5.41, 5.74) is 2.00. The lowest BCUT2D eigenvalue weighted by atomic mass is 10.1. The molecule has 0 aliphatic carbocycles. The van der Waals surface area contributed by atoms with Gasteiger partial charge in [0.05, 0.1) is 26.9 Å². The number of ether oxygens (including phenoxy) is 3. The molecule has 1 atom stereocenters. The van der Waals surface area contributed by atoms with Crippen LogP contribution < -0.4 is 9.47 Å². The number of benzene rings is 1. The minimum atomic E-state index is 0.0348. The van der Waals surface area contributed by atoms with Crippen molar-refractivity contribution in [2.75, 3.05) is 33.9 Å². The highest BCUT2D eigenvalue weighted by molar-refractivity contribution is 6.30. The molecule has 0 spiro atoms. The average molecular weight is 349 g/mol. The van der Waals surface area contributed by atoms with Crippen molar-refractivity contribution in [1.29, 1.82) is 0 Å². The molecule has 0 saturated carbocycles. The molecular weight excluding hydrogens is 328 g/mol. The molecule has 2 aromatic rings. The lowest BCUT2D eigenvalue weighted by Gasteiger charge is -2.33. The largest absolute Gasteiger partial charge is 0.493 e. The lowest BCUT2D eigenvalue weighted by Crippen LogP contribution is -2.38. The Kier molecular flexibility index (Phi) is 5.56. The number of pyridine rings is 1. The lowest BCUT2D eigenvalue weighted by molar-refractivity contribution is -0.0334. The van der Waals surface area contributed by atoms with E-state index in [1.54, 1.807) is 26.5 Å². The maximum atomic E-state index is 5.96. The van der Waals surface area contributed by atoms with E-state index >= 15 is 0 Å². The van der Waals surface area contributed by atoms with E-state index in [4.69, 9.17) is 25.8 Å². The van der Waals surface area contributed by atoms with Gasteiger partial charge in [0.2, 0.25) is 0 Å². The van der Waals surface area contributed by atoms with Gasteiger partial charge >= 0.3 is 0 Å². The minimum absolute atomic E-state index is 0.0348. The fraction of sp³-hybridized carbons (Fsp3) is 0.389. The highest BCUT2D eigenvalue weighted by Crippen LogP contribution is 2.31. The van der Waals surface area contributed by atoms with Crippen molar-refractivity contribution in [3.8, 4) is 11.5 Å². The molecule has 1 aliphatic heterocycles. The van der Waals surface area contributed by atoms with Gasteiger partial charge in [0.15, 0.2) is 11.5 Å². The molecule has 1 fully saturated rings. The summed E-state index contributed by atoms with van der Waals surface area (Å²) < 4.78 is 16.7. The Morgan fingerprint density at radius 1 is 1.21 bits per heavy atom. The first kappa shape index (κ1) is 17.0. The zero-order valence-electron chi connectivity index (χ0n) is 13.9. The summed E-state index contributed by atoms with van der Waals surface area (Å²) in [6, 6.07) is 9.62. The van der Waals surface area contributed by atoms with E-state index in [0.717, 1.165) is 29.4 Å². The summed E-state index contributed by atoms with van der Waals surface area (Å²) in [5, 5.41) is 0.733. The first-order valence-corrected chi connectivity index (χ1v) is 8.24.